The first-order valence-electron chi connectivity index (χ1n) is 12.4. The summed E-state index contributed by atoms with van der Waals surface area (Å²) in [6.07, 6.45) is 9.61. The molecule has 0 aliphatic heterocycles. The lowest BCUT2D eigenvalue weighted by Crippen LogP contribution is -2.00. The minimum Gasteiger partial charge on any atom is -0.494 e. The van der Waals surface area contributed by atoms with E-state index in [4.69, 9.17) is 14.5 Å². The topological polar surface area (TPSA) is 57.1 Å². The lowest BCUT2D eigenvalue weighted by molar-refractivity contribution is 0.305. The van der Waals surface area contributed by atoms with Crippen molar-refractivity contribution in [1.82, 2.24) is 15.0 Å². The molecule has 1 heterocycles. The van der Waals surface area contributed by atoms with Crippen molar-refractivity contribution in [2.24, 2.45) is 0 Å². The SMILES string of the molecule is CCCCCCOc1ccc(-c2nc(C)nc(-c3ccc(OCCCCCC)cc3)n2)cc1. The lowest BCUT2D eigenvalue weighted by Gasteiger charge is -2.09. The van der Waals surface area contributed by atoms with Crippen molar-refractivity contribution >= 4 is 0 Å². The van der Waals surface area contributed by atoms with Gasteiger partial charge in [-0.25, -0.2) is 15.0 Å². The molecule has 0 spiro atoms. The van der Waals surface area contributed by atoms with Crippen molar-refractivity contribution in [3.63, 3.8) is 0 Å². The molecule has 0 fully saturated rings. The molecular weight excluding hydrogens is 410 g/mol. The van der Waals surface area contributed by atoms with Gasteiger partial charge < -0.3 is 9.47 Å². The number of benzene rings is 2. The monoisotopic (exact) mass is 447 g/mol. The van der Waals surface area contributed by atoms with Crippen LogP contribution in [0.3, 0.4) is 0 Å². The molecule has 0 saturated carbocycles. The number of rotatable bonds is 14. The molecule has 3 aromatic rings. The fourth-order valence-corrected chi connectivity index (χ4v) is 3.58. The van der Waals surface area contributed by atoms with Crippen molar-refractivity contribution < 1.29 is 9.47 Å². The normalized spacial score (nSPS) is 10.9. The summed E-state index contributed by atoms with van der Waals surface area (Å²) in [7, 11) is 0. The highest BCUT2D eigenvalue weighted by Crippen LogP contribution is 2.24. The summed E-state index contributed by atoms with van der Waals surface area (Å²) in [6, 6.07) is 16.0. The van der Waals surface area contributed by atoms with Crippen LogP contribution in [0.15, 0.2) is 48.5 Å². The standard InChI is InChI=1S/C28H37N3O2/c1-4-6-8-10-20-32-25-16-12-23(13-17-25)27-29-22(3)30-28(31-27)24-14-18-26(19-15-24)33-21-11-9-7-5-2/h12-19H,4-11,20-21H2,1-3H3. The smallest absolute Gasteiger partial charge is 0.163 e. The molecule has 33 heavy (non-hydrogen) atoms. The number of hydrogen-bond donors (Lipinski definition) is 0. The number of unbranched alkanes of at least 4 members (excludes halogenated alkanes) is 6. The van der Waals surface area contributed by atoms with Crippen molar-refractivity contribution in [2.45, 2.75) is 72.1 Å². The molecule has 0 unspecified atom stereocenters. The Hall–Kier alpha value is -2.95. The van der Waals surface area contributed by atoms with Crippen LogP contribution < -0.4 is 9.47 Å². The van der Waals surface area contributed by atoms with Crippen LogP contribution >= 0.6 is 0 Å². The van der Waals surface area contributed by atoms with Gasteiger partial charge in [-0.1, -0.05) is 52.4 Å². The molecule has 2 aromatic carbocycles. The largest absolute Gasteiger partial charge is 0.494 e. The van der Waals surface area contributed by atoms with E-state index in [2.05, 4.69) is 23.8 Å². The van der Waals surface area contributed by atoms with Gasteiger partial charge in [0.25, 0.3) is 0 Å². The van der Waals surface area contributed by atoms with Gasteiger partial charge in [0, 0.05) is 11.1 Å². The van der Waals surface area contributed by atoms with Crippen molar-refractivity contribution in [2.75, 3.05) is 13.2 Å². The summed E-state index contributed by atoms with van der Waals surface area (Å²) in [5.41, 5.74) is 1.90. The van der Waals surface area contributed by atoms with Gasteiger partial charge in [0.1, 0.15) is 17.3 Å². The fourth-order valence-electron chi connectivity index (χ4n) is 3.58. The van der Waals surface area contributed by atoms with Crippen LogP contribution in [0.25, 0.3) is 22.8 Å². The third-order valence-electron chi connectivity index (χ3n) is 5.51. The van der Waals surface area contributed by atoms with Gasteiger partial charge in [0.05, 0.1) is 13.2 Å². The highest BCUT2D eigenvalue weighted by Gasteiger charge is 2.09. The maximum atomic E-state index is 5.85. The molecular formula is C28H37N3O2. The highest BCUT2D eigenvalue weighted by atomic mass is 16.5. The zero-order valence-corrected chi connectivity index (χ0v) is 20.3. The van der Waals surface area contributed by atoms with Gasteiger partial charge in [-0.2, -0.15) is 0 Å². The van der Waals surface area contributed by atoms with Crippen LogP contribution in [0.5, 0.6) is 11.5 Å². The van der Waals surface area contributed by atoms with E-state index in [1.54, 1.807) is 0 Å². The third-order valence-corrected chi connectivity index (χ3v) is 5.51. The van der Waals surface area contributed by atoms with E-state index in [1.165, 1.54) is 38.5 Å². The number of hydrogen-bond acceptors (Lipinski definition) is 5. The first-order valence-corrected chi connectivity index (χ1v) is 12.4. The van der Waals surface area contributed by atoms with Crippen LogP contribution in [0.1, 0.15) is 71.0 Å². The summed E-state index contributed by atoms with van der Waals surface area (Å²) >= 11 is 0. The number of aryl methyl sites for hydroxylation is 1. The van der Waals surface area contributed by atoms with Crippen molar-refractivity contribution in [1.29, 1.82) is 0 Å². The quantitative estimate of drug-likeness (QED) is 0.240. The van der Waals surface area contributed by atoms with Crippen LogP contribution in [0.2, 0.25) is 0 Å². The van der Waals surface area contributed by atoms with E-state index >= 15 is 0 Å². The van der Waals surface area contributed by atoms with E-state index in [1.807, 2.05) is 55.5 Å². The molecule has 0 amide bonds. The number of nitrogens with zero attached hydrogens (tertiary/aromatic N) is 3. The molecule has 5 nitrogen and oxygen atoms in total. The average molecular weight is 448 g/mol. The Bertz CT molecular complexity index is 880. The summed E-state index contributed by atoms with van der Waals surface area (Å²) in [5.74, 6) is 3.80. The van der Waals surface area contributed by atoms with Gasteiger partial charge in [-0.05, 0) is 68.3 Å². The molecule has 1 aromatic heterocycles. The second-order valence-corrected chi connectivity index (χ2v) is 8.40. The molecule has 0 N–H and O–H groups in total. The number of ether oxygens (including phenoxy) is 2. The zero-order valence-electron chi connectivity index (χ0n) is 20.3. The predicted octanol–water partition coefficient (Wildman–Crippen LogP) is 7.43. The molecule has 3 rings (SSSR count). The molecule has 0 aliphatic rings. The molecule has 176 valence electrons. The third kappa shape index (κ3) is 8.16. The second-order valence-electron chi connectivity index (χ2n) is 8.40. The minimum absolute atomic E-state index is 0.670. The Kier molecular flexibility index (Phi) is 10.1. The van der Waals surface area contributed by atoms with Gasteiger partial charge in [-0.15, -0.1) is 0 Å². The summed E-state index contributed by atoms with van der Waals surface area (Å²) < 4.78 is 11.7. The van der Waals surface area contributed by atoms with E-state index in [0.29, 0.717) is 17.5 Å². The maximum absolute atomic E-state index is 5.85. The van der Waals surface area contributed by atoms with E-state index in [0.717, 1.165) is 48.7 Å². The summed E-state index contributed by atoms with van der Waals surface area (Å²) in [5, 5.41) is 0. The fraction of sp³-hybridized carbons (Fsp3) is 0.464. The average Bonchev–Trinajstić information content (AvgIpc) is 2.84. The summed E-state index contributed by atoms with van der Waals surface area (Å²) in [6.45, 7) is 7.84. The van der Waals surface area contributed by atoms with Crippen LogP contribution in [-0.2, 0) is 0 Å². The van der Waals surface area contributed by atoms with Gasteiger partial charge in [0.2, 0.25) is 0 Å². The second kappa shape index (κ2) is 13.6. The molecule has 0 bridgehead atoms. The van der Waals surface area contributed by atoms with Crippen molar-refractivity contribution in [3.05, 3.63) is 54.4 Å². The zero-order chi connectivity index (χ0) is 23.3. The van der Waals surface area contributed by atoms with Gasteiger partial charge >= 0.3 is 0 Å². The molecule has 0 atom stereocenters. The highest BCUT2D eigenvalue weighted by molar-refractivity contribution is 5.62. The van der Waals surface area contributed by atoms with Gasteiger partial charge in [0.15, 0.2) is 11.6 Å². The number of aromatic nitrogens is 3. The Labute approximate surface area is 198 Å². The van der Waals surface area contributed by atoms with E-state index in [9.17, 15) is 0 Å². The predicted molar refractivity (Wildman–Crippen MR) is 135 cm³/mol. The van der Waals surface area contributed by atoms with Crippen LogP contribution in [0, 0.1) is 6.92 Å². The molecule has 5 heteroatoms. The van der Waals surface area contributed by atoms with E-state index in [-0.39, 0.29) is 0 Å². The molecule has 0 saturated heterocycles. The van der Waals surface area contributed by atoms with Crippen LogP contribution in [0.4, 0.5) is 0 Å². The van der Waals surface area contributed by atoms with E-state index < -0.39 is 0 Å². The maximum Gasteiger partial charge on any atom is 0.163 e. The first-order chi connectivity index (χ1) is 16.2. The van der Waals surface area contributed by atoms with Gasteiger partial charge in [-0.3, -0.25) is 0 Å². The summed E-state index contributed by atoms with van der Waals surface area (Å²) in [4.78, 5) is 13.8. The lowest BCUT2D eigenvalue weighted by atomic mass is 10.1. The Morgan fingerprint density at radius 2 is 0.970 bits per heavy atom. The first kappa shape index (κ1) is 24.7. The molecule has 0 radical (unpaired) electrons. The van der Waals surface area contributed by atoms with Crippen molar-refractivity contribution in [3.8, 4) is 34.3 Å². The minimum atomic E-state index is 0.670. The Morgan fingerprint density at radius 3 is 1.36 bits per heavy atom. The Morgan fingerprint density at radius 1 is 0.545 bits per heavy atom. The Balaban J connectivity index is 1.62. The van der Waals surface area contributed by atoms with Crippen LogP contribution in [-0.4, -0.2) is 28.2 Å². The molecule has 0 aliphatic carbocycles.